The first-order chi connectivity index (χ1) is 9.78. The molecule has 3 heteroatoms. The molecule has 0 saturated heterocycles. The van der Waals surface area contributed by atoms with E-state index in [1.165, 1.54) is 10.5 Å². The van der Waals surface area contributed by atoms with E-state index in [2.05, 4.69) is 60.5 Å². The van der Waals surface area contributed by atoms with Crippen LogP contribution in [0.15, 0.2) is 53.6 Å². The van der Waals surface area contributed by atoms with Crippen molar-refractivity contribution in [2.45, 2.75) is 31.2 Å². The molecule has 2 nitrogen and oxygen atoms in total. The molecule has 1 N–H and O–H groups in total. The molecule has 1 aromatic carbocycles. The van der Waals surface area contributed by atoms with Gasteiger partial charge in [-0.3, -0.25) is 4.98 Å². The van der Waals surface area contributed by atoms with Gasteiger partial charge in [-0.25, -0.2) is 0 Å². The van der Waals surface area contributed by atoms with Crippen molar-refractivity contribution >= 4 is 11.8 Å². The molecule has 1 heterocycles. The number of hydrogen-bond donors (Lipinski definition) is 1. The third-order valence-corrected chi connectivity index (χ3v) is 4.27. The van der Waals surface area contributed by atoms with Crippen molar-refractivity contribution in [2.75, 3.05) is 12.3 Å². The Morgan fingerprint density at radius 1 is 1.20 bits per heavy atom. The predicted octanol–water partition coefficient (Wildman–Crippen LogP) is 3.70. The number of likely N-dealkylation sites (N-methyl/N-ethyl adjacent to an activating group) is 1. The zero-order valence-electron chi connectivity index (χ0n) is 12.2. The number of benzene rings is 1. The molecule has 1 atom stereocenters. The first-order valence-electron chi connectivity index (χ1n) is 7.10. The monoisotopic (exact) mass is 286 g/mol. The van der Waals surface area contributed by atoms with Crippen LogP contribution in [0.5, 0.6) is 0 Å². The predicted molar refractivity (Wildman–Crippen MR) is 87.3 cm³/mol. The van der Waals surface area contributed by atoms with E-state index in [9.17, 15) is 0 Å². The van der Waals surface area contributed by atoms with Crippen LogP contribution in [0, 0.1) is 6.92 Å². The topological polar surface area (TPSA) is 24.9 Å². The molecule has 0 amide bonds. The molecule has 0 aliphatic rings. The van der Waals surface area contributed by atoms with Crippen LogP contribution in [0.25, 0.3) is 0 Å². The minimum Gasteiger partial charge on any atom is -0.313 e. The largest absolute Gasteiger partial charge is 0.313 e. The van der Waals surface area contributed by atoms with Crippen molar-refractivity contribution < 1.29 is 0 Å². The zero-order chi connectivity index (χ0) is 14.2. The first-order valence-corrected chi connectivity index (χ1v) is 8.09. The van der Waals surface area contributed by atoms with Crippen LogP contribution in [0.2, 0.25) is 0 Å². The Bertz CT molecular complexity index is 513. The molecule has 1 unspecified atom stereocenters. The van der Waals surface area contributed by atoms with Gasteiger partial charge >= 0.3 is 0 Å². The lowest BCUT2D eigenvalue weighted by Gasteiger charge is -2.17. The number of thioether (sulfide) groups is 1. The van der Waals surface area contributed by atoms with Crippen molar-refractivity contribution in [3.05, 3.63) is 59.9 Å². The Labute approximate surface area is 126 Å². The van der Waals surface area contributed by atoms with E-state index in [0.717, 1.165) is 24.4 Å². The van der Waals surface area contributed by atoms with Crippen LogP contribution in [0.4, 0.5) is 0 Å². The highest BCUT2D eigenvalue weighted by Gasteiger charge is 2.09. The van der Waals surface area contributed by atoms with Crippen LogP contribution in [-0.4, -0.2) is 23.3 Å². The highest BCUT2D eigenvalue weighted by Crippen LogP contribution is 2.20. The van der Waals surface area contributed by atoms with Gasteiger partial charge in [-0.1, -0.05) is 30.7 Å². The van der Waals surface area contributed by atoms with E-state index in [-0.39, 0.29) is 0 Å². The quantitative estimate of drug-likeness (QED) is 0.786. The van der Waals surface area contributed by atoms with Gasteiger partial charge in [0.05, 0.1) is 0 Å². The summed E-state index contributed by atoms with van der Waals surface area (Å²) in [5, 5.41) is 3.56. The molecule has 0 fully saturated rings. The summed E-state index contributed by atoms with van der Waals surface area (Å²) in [6, 6.07) is 15.3. The average Bonchev–Trinajstić information content (AvgIpc) is 2.46. The van der Waals surface area contributed by atoms with E-state index < -0.39 is 0 Å². The molecule has 2 aromatic rings. The lowest BCUT2D eigenvalue weighted by Crippen LogP contribution is -2.33. The fourth-order valence-corrected chi connectivity index (χ4v) is 3.23. The van der Waals surface area contributed by atoms with Gasteiger partial charge < -0.3 is 5.32 Å². The number of rotatable bonds is 7. The van der Waals surface area contributed by atoms with Crippen LogP contribution in [-0.2, 0) is 6.42 Å². The van der Waals surface area contributed by atoms with Crippen molar-refractivity contribution in [3.63, 3.8) is 0 Å². The fourth-order valence-electron chi connectivity index (χ4n) is 2.15. The molecular formula is C17H22N2S. The van der Waals surface area contributed by atoms with Gasteiger partial charge in [-0.05, 0) is 37.7 Å². The number of aryl methyl sites for hydroxylation is 1. The van der Waals surface area contributed by atoms with Gasteiger partial charge in [0.2, 0.25) is 0 Å². The van der Waals surface area contributed by atoms with Gasteiger partial charge in [-0.15, -0.1) is 11.8 Å². The van der Waals surface area contributed by atoms with Gasteiger partial charge in [0.15, 0.2) is 0 Å². The van der Waals surface area contributed by atoms with E-state index in [1.807, 2.05) is 24.0 Å². The van der Waals surface area contributed by atoms with Crippen molar-refractivity contribution in [1.29, 1.82) is 0 Å². The lowest BCUT2D eigenvalue weighted by molar-refractivity contribution is 0.566. The minimum absolute atomic E-state index is 0.459. The smallest absolute Gasteiger partial charge is 0.0419 e. The summed E-state index contributed by atoms with van der Waals surface area (Å²) in [6.07, 6.45) is 2.85. The highest BCUT2D eigenvalue weighted by molar-refractivity contribution is 7.99. The second kappa shape index (κ2) is 8.08. The fraction of sp³-hybridized carbons (Fsp3) is 0.353. The van der Waals surface area contributed by atoms with E-state index in [4.69, 9.17) is 0 Å². The zero-order valence-corrected chi connectivity index (χ0v) is 13.0. The molecule has 20 heavy (non-hydrogen) atoms. The van der Waals surface area contributed by atoms with Crippen molar-refractivity contribution in [1.82, 2.24) is 10.3 Å². The van der Waals surface area contributed by atoms with Crippen LogP contribution in [0.1, 0.15) is 18.2 Å². The van der Waals surface area contributed by atoms with Crippen LogP contribution >= 0.6 is 11.8 Å². The maximum absolute atomic E-state index is 4.42. The summed E-state index contributed by atoms with van der Waals surface area (Å²) in [5.41, 5.74) is 2.48. The Balaban J connectivity index is 1.92. The molecule has 2 rings (SSSR count). The van der Waals surface area contributed by atoms with Crippen LogP contribution in [0.3, 0.4) is 0 Å². The number of aromatic nitrogens is 1. The first kappa shape index (κ1) is 15.1. The highest BCUT2D eigenvalue weighted by atomic mass is 32.2. The maximum Gasteiger partial charge on any atom is 0.0419 e. The summed E-state index contributed by atoms with van der Waals surface area (Å²) in [6.45, 7) is 5.29. The molecule has 0 aliphatic heterocycles. The molecular weight excluding hydrogens is 264 g/mol. The summed E-state index contributed by atoms with van der Waals surface area (Å²) < 4.78 is 0. The lowest BCUT2D eigenvalue weighted by atomic mass is 10.1. The summed E-state index contributed by atoms with van der Waals surface area (Å²) in [5.74, 6) is 1.06. The Kier molecular flexibility index (Phi) is 6.09. The molecule has 0 aliphatic carbocycles. The number of hydrogen-bond acceptors (Lipinski definition) is 3. The third-order valence-electron chi connectivity index (χ3n) is 3.12. The average molecular weight is 286 g/mol. The molecule has 0 saturated carbocycles. The molecule has 106 valence electrons. The SMILES string of the molecule is CCNC(CSc1cccc(C)c1)Cc1ccccn1. The maximum atomic E-state index is 4.42. The van der Waals surface area contributed by atoms with E-state index in [0.29, 0.717) is 6.04 Å². The summed E-state index contributed by atoms with van der Waals surface area (Å²) >= 11 is 1.91. The van der Waals surface area contributed by atoms with Crippen molar-refractivity contribution in [3.8, 4) is 0 Å². The Hall–Kier alpha value is -1.32. The number of nitrogens with zero attached hydrogens (tertiary/aromatic N) is 1. The minimum atomic E-state index is 0.459. The van der Waals surface area contributed by atoms with Gasteiger partial charge in [0, 0.05) is 35.0 Å². The summed E-state index contributed by atoms with van der Waals surface area (Å²) in [4.78, 5) is 5.76. The molecule has 0 radical (unpaired) electrons. The number of nitrogens with one attached hydrogen (secondary N) is 1. The van der Waals surface area contributed by atoms with E-state index >= 15 is 0 Å². The normalized spacial score (nSPS) is 12.3. The standard InChI is InChI=1S/C17H22N2S/c1-3-18-16(12-15-8-4-5-10-19-15)13-20-17-9-6-7-14(2)11-17/h4-11,16,18H,3,12-13H2,1-2H3. The second-order valence-electron chi connectivity index (χ2n) is 4.91. The van der Waals surface area contributed by atoms with Gasteiger partial charge in [0.25, 0.3) is 0 Å². The van der Waals surface area contributed by atoms with Crippen LogP contribution < -0.4 is 5.32 Å². The second-order valence-corrected chi connectivity index (χ2v) is 6.00. The molecule has 1 aromatic heterocycles. The van der Waals surface area contributed by atoms with Gasteiger partial charge in [0.1, 0.15) is 0 Å². The van der Waals surface area contributed by atoms with Crippen molar-refractivity contribution in [2.24, 2.45) is 0 Å². The van der Waals surface area contributed by atoms with E-state index in [1.54, 1.807) is 0 Å². The molecule has 0 bridgehead atoms. The molecule has 0 spiro atoms. The third kappa shape index (κ3) is 4.99. The Morgan fingerprint density at radius 2 is 2.10 bits per heavy atom. The summed E-state index contributed by atoms with van der Waals surface area (Å²) in [7, 11) is 0. The Morgan fingerprint density at radius 3 is 2.80 bits per heavy atom. The van der Waals surface area contributed by atoms with Gasteiger partial charge in [-0.2, -0.15) is 0 Å². The number of pyridine rings is 1.